The van der Waals surface area contributed by atoms with E-state index in [0.717, 1.165) is 18.7 Å². The highest BCUT2D eigenvalue weighted by Crippen LogP contribution is 2.06. The van der Waals surface area contributed by atoms with Gasteiger partial charge in [-0.05, 0) is 13.3 Å². The number of oxime groups is 1. The molecule has 1 heterocycles. The summed E-state index contributed by atoms with van der Waals surface area (Å²) in [4.78, 5) is 0. The summed E-state index contributed by atoms with van der Waals surface area (Å²) in [6, 6.07) is 0. The summed E-state index contributed by atoms with van der Waals surface area (Å²) in [6.45, 7) is 4.82. The average molecular weight is 182 g/mol. The fourth-order valence-electron chi connectivity index (χ4n) is 1.19. The Morgan fingerprint density at radius 1 is 1.77 bits per heavy atom. The monoisotopic (exact) mass is 182 g/mol. The molecule has 3 N–H and O–H groups in total. The summed E-state index contributed by atoms with van der Waals surface area (Å²) in [5, 5.41) is 15.5. The minimum atomic E-state index is 0.111. The van der Waals surface area contributed by atoms with Crippen molar-refractivity contribution in [2.24, 2.45) is 10.9 Å². The Hall–Kier alpha value is -1.52. The molecule has 0 aromatic carbocycles. The molecule has 0 atom stereocenters. The van der Waals surface area contributed by atoms with Crippen molar-refractivity contribution in [3.63, 3.8) is 0 Å². The molecule has 0 amide bonds. The van der Waals surface area contributed by atoms with E-state index in [1.807, 2.05) is 11.6 Å². The van der Waals surface area contributed by atoms with Gasteiger partial charge in [-0.15, -0.1) is 0 Å². The molecule has 0 aliphatic heterocycles. The molecule has 0 aliphatic carbocycles. The van der Waals surface area contributed by atoms with E-state index in [9.17, 15) is 0 Å². The molecule has 1 rings (SSSR count). The number of aromatic nitrogens is 2. The zero-order valence-corrected chi connectivity index (χ0v) is 7.86. The van der Waals surface area contributed by atoms with Crippen molar-refractivity contribution in [3.8, 4) is 0 Å². The quantitative estimate of drug-likeness (QED) is 0.312. The van der Waals surface area contributed by atoms with Gasteiger partial charge in [0.1, 0.15) is 0 Å². The van der Waals surface area contributed by atoms with Gasteiger partial charge in [0.15, 0.2) is 5.84 Å². The van der Waals surface area contributed by atoms with Gasteiger partial charge in [-0.1, -0.05) is 12.1 Å². The van der Waals surface area contributed by atoms with E-state index >= 15 is 0 Å². The predicted octanol–water partition coefficient (Wildman–Crippen LogP) is 0.696. The van der Waals surface area contributed by atoms with Crippen LogP contribution < -0.4 is 5.73 Å². The fraction of sp³-hybridized carbons (Fsp3) is 0.500. The summed E-state index contributed by atoms with van der Waals surface area (Å²) in [5.74, 6) is 0.111. The average Bonchev–Trinajstić information content (AvgIpc) is 2.48. The van der Waals surface area contributed by atoms with Gasteiger partial charge in [-0.3, -0.25) is 4.68 Å². The maximum atomic E-state index is 8.48. The third kappa shape index (κ3) is 1.80. The number of nitrogens with zero attached hydrogens (tertiary/aromatic N) is 3. The third-order valence-corrected chi connectivity index (χ3v) is 1.92. The van der Waals surface area contributed by atoms with Gasteiger partial charge >= 0.3 is 0 Å². The number of rotatable bonds is 3. The van der Waals surface area contributed by atoms with Gasteiger partial charge in [-0.2, -0.15) is 5.10 Å². The van der Waals surface area contributed by atoms with Gasteiger partial charge in [-0.25, -0.2) is 0 Å². The second-order valence-corrected chi connectivity index (χ2v) is 2.85. The Labute approximate surface area is 76.8 Å². The van der Waals surface area contributed by atoms with E-state index in [1.165, 1.54) is 0 Å². The molecule has 0 radical (unpaired) electrons. The molecule has 72 valence electrons. The van der Waals surface area contributed by atoms with Crippen molar-refractivity contribution < 1.29 is 5.21 Å². The van der Waals surface area contributed by atoms with Crippen molar-refractivity contribution in [2.75, 3.05) is 0 Å². The van der Waals surface area contributed by atoms with Crippen LogP contribution in [0.4, 0.5) is 0 Å². The smallest absolute Gasteiger partial charge is 0.173 e. The molecule has 13 heavy (non-hydrogen) atoms. The third-order valence-electron chi connectivity index (χ3n) is 1.92. The van der Waals surface area contributed by atoms with Crippen LogP contribution in [0, 0.1) is 6.92 Å². The molecule has 0 saturated heterocycles. The first kappa shape index (κ1) is 9.57. The molecule has 0 aliphatic rings. The van der Waals surface area contributed by atoms with Crippen LogP contribution >= 0.6 is 0 Å². The van der Waals surface area contributed by atoms with E-state index in [4.69, 9.17) is 10.9 Å². The van der Waals surface area contributed by atoms with Crippen LogP contribution in [0.2, 0.25) is 0 Å². The molecule has 1 aromatic rings. The van der Waals surface area contributed by atoms with Crippen LogP contribution in [0.15, 0.2) is 11.4 Å². The van der Waals surface area contributed by atoms with Gasteiger partial charge in [0.05, 0.1) is 11.8 Å². The minimum absolute atomic E-state index is 0.111. The molecule has 1 aromatic heterocycles. The lowest BCUT2D eigenvalue weighted by Crippen LogP contribution is -2.14. The summed E-state index contributed by atoms with van der Waals surface area (Å²) in [5.41, 5.74) is 7.07. The second kappa shape index (κ2) is 3.93. The summed E-state index contributed by atoms with van der Waals surface area (Å²) in [7, 11) is 0. The molecule has 5 heteroatoms. The van der Waals surface area contributed by atoms with Gasteiger partial charge < -0.3 is 10.9 Å². The fourth-order valence-corrected chi connectivity index (χ4v) is 1.19. The zero-order chi connectivity index (χ0) is 9.84. The predicted molar refractivity (Wildman–Crippen MR) is 49.8 cm³/mol. The van der Waals surface area contributed by atoms with Crippen LogP contribution in [0.1, 0.15) is 24.6 Å². The van der Waals surface area contributed by atoms with Crippen LogP contribution in [-0.2, 0) is 6.54 Å². The highest BCUT2D eigenvalue weighted by atomic mass is 16.4. The highest BCUT2D eigenvalue weighted by molar-refractivity contribution is 5.97. The molecule has 0 saturated carbocycles. The van der Waals surface area contributed by atoms with Gasteiger partial charge in [0.2, 0.25) is 0 Å². The Morgan fingerprint density at radius 3 is 3.00 bits per heavy atom. The van der Waals surface area contributed by atoms with E-state index in [-0.39, 0.29) is 5.84 Å². The first-order valence-corrected chi connectivity index (χ1v) is 4.21. The number of aryl methyl sites for hydroxylation is 1. The summed E-state index contributed by atoms with van der Waals surface area (Å²) in [6.07, 6.45) is 2.62. The lowest BCUT2D eigenvalue weighted by molar-refractivity contribution is 0.318. The molecule has 0 spiro atoms. The maximum absolute atomic E-state index is 8.48. The minimum Gasteiger partial charge on any atom is -0.409 e. The lowest BCUT2D eigenvalue weighted by Gasteiger charge is -2.01. The summed E-state index contributed by atoms with van der Waals surface area (Å²) >= 11 is 0. The van der Waals surface area contributed by atoms with Crippen molar-refractivity contribution in [1.29, 1.82) is 0 Å². The number of hydrogen-bond acceptors (Lipinski definition) is 3. The molecule has 0 unspecified atom stereocenters. The van der Waals surface area contributed by atoms with E-state index in [2.05, 4.69) is 17.2 Å². The number of nitrogens with two attached hydrogens (primary N) is 1. The second-order valence-electron chi connectivity index (χ2n) is 2.85. The topological polar surface area (TPSA) is 76.4 Å². The summed E-state index contributed by atoms with van der Waals surface area (Å²) < 4.78 is 1.84. The first-order chi connectivity index (χ1) is 6.20. The maximum Gasteiger partial charge on any atom is 0.173 e. The SMILES string of the molecule is CCCn1ncc(/C(N)=N\O)c1C. The highest BCUT2D eigenvalue weighted by Gasteiger charge is 2.08. The van der Waals surface area contributed by atoms with E-state index in [0.29, 0.717) is 5.56 Å². The standard InChI is InChI=1S/C8H14N4O/c1-3-4-12-6(2)7(5-10-12)8(9)11-13/h5,13H,3-4H2,1-2H3,(H2,9,11). The Bertz CT molecular complexity index is 316. The number of hydrogen-bond donors (Lipinski definition) is 2. The Morgan fingerprint density at radius 2 is 2.46 bits per heavy atom. The zero-order valence-electron chi connectivity index (χ0n) is 7.86. The van der Waals surface area contributed by atoms with Crippen molar-refractivity contribution in [1.82, 2.24) is 9.78 Å². The van der Waals surface area contributed by atoms with E-state index in [1.54, 1.807) is 6.20 Å². The molecule has 0 bridgehead atoms. The van der Waals surface area contributed by atoms with E-state index < -0.39 is 0 Å². The molecule has 0 fully saturated rings. The normalized spacial score (nSPS) is 12.0. The van der Waals surface area contributed by atoms with Crippen molar-refractivity contribution >= 4 is 5.84 Å². The van der Waals surface area contributed by atoms with Crippen LogP contribution in [0.25, 0.3) is 0 Å². The van der Waals surface area contributed by atoms with Crippen LogP contribution in [-0.4, -0.2) is 20.8 Å². The van der Waals surface area contributed by atoms with Crippen molar-refractivity contribution in [2.45, 2.75) is 26.8 Å². The van der Waals surface area contributed by atoms with Crippen molar-refractivity contribution in [3.05, 3.63) is 17.5 Å². The van der Waals surface area contributed by atoms with Crippen LogP contribution in [0.5, 0.6) is 0 Å². The Kier molecular flexibility index (Phi) is 2.89. The molecule has 5 nitrogen and oxygen atoms in total. The van der Waals surface area contributed by atoms with Gasteiger partial charge in [0.25, 0.3) is 0 Å². The first-order valence-electron chi connectivity index (χ1n) is 4.21. The largest absolute Gasteiger partial charge is 0.409 e. The van der Waals surface area contributed by atoms with Gasteiger partial charge in [0, 0.05) is 12.2 Å². The lowest BCUT2D eigenvalue weighted by atomic mass is 10.2. The number of amidine groups is 1. The van der Waals surface area contributed by atoms with Crippen LogP contribution in [0.3, 0.4) is 0 Å². The Balaban J connectivity index is 2.99. The molecular weight excluding hydrogens is 168 g/mol. The molecular formula is C8H14N4O.